The molecule has 5 heteroatoms. The van der Waals surface area contributed by atoms with Crippen molar-refractivity contribution in [1.29, 1.82) is 0 Å². The van der Waals surface area contributed by atoms with E-state index in [2.05, 4.69) is 15.9 Å². The van der Waals surface area contributed by atoms with Gasteiger partial charge in [0.15, 0.2) is 0 Å². The zero-order valence-corrected chi connectivity index (χ0v) is 14.2. The van der Waals surface area contributed by atoms with E-state index in [0.717, 1.165) is 21.9 Å². The molecule has 2 aromatic rings. The van der Waals surface area contributed by atoms with Gasteiger partial charge in [0.25, 0.3) is 0 Å². The summed E-state index contributed by atoms with van der Waals surface area (Å²) in [6.07, 6.45) is 2.59. The summed E-state index contributed by atoms with van der Waals surface area (Å²) >= 11 is 3.36. The van der Waals surface area contributed by atoms with Crippen LogP contribution in [0.5, 0.6) is 11.5 Å². The minimum atomic E-state index is -1.00. The second kappa shape index (κ2) is 8.39. The van der Waals surface area contributed by atoms with Gasteiger partial charge < -0.3 is 14.6 Å². The summed E-state index contributed by atoms with van der Waals surface area (Å²) < 4.78 is 12.2. The molecular weight excluding hydrogens is 360 g/mol. The van der Waals surface area contributed by atoms with Crippen LogP contribution in [0, 0.1) is 6.92 Å². The SMILES string of the molecule is Cc1cccc(OCCOc2ccc(Br)cc2C=CC(=O)O)c1. The first-order valence-corrected chi connectivity index (χ1v) is 7.87. The predicted molar refractivity (Wildman–Crippen MR) is 93.0 cm³/mol. The van der Waals surface area contributed by atoms with E-state index in [9.17, 15) is 4.79 Å². The van der Waals surface area contributed by atoms with Crippen molar-refractivity contribution in [1.82, 2.24) is 0 Å². The molecule has 0 bridgehead atoms. The molecule has 23 heavy (non-hydrogen) atoms. The first-order valence-electron chi connectivity index (χ1n) is 7.07. The number of hydrogen-bond donors (Lipinski definition) is 1. The fourth-order valence-electron chi connectivity index (χ4n) is 1.96. The van der Waals surface area contributed by atoms with E-state index in [1.54, 1.807) is 12.1 Å². The molecule has 120 valence electrons. The monoisotopic (exact) mass is 376 g/mol. The van der Waals surface area contributed by atoms with Crippen molar-refractivity contribution in [3.63, 3.8) is 0 Å². The number of rotatable bonds is 7. The van der Waals surface area contributed by atoms with Crippen LogP contribution in [0.4, 0.5) is 0 Å². The Kier molecular flexibility index (Phi) is 6.23. The molecule has 0 heterocycles. The van der Waals surface area contributed by atoms with E-state index in [-0.39, 0.29) is 0 Å². The number of halogens is 1. The standard InChI is InChI=1S/C18H17BrO4/c1-13-3-2-4-16(11-13)22-9-10-23-17-7-6-15(19)12-14(17)5-8-18(20)21/h2-8,11-12H,9-10H2,1H3,(H,20,21). The molecule has 1 N–H and O–H groups in total. The minimum absolute atomic E-state index is 0.365. The highest BCUT2D eigenvalue weighted by atomic mass is 79.9. The summed E-state index contributed by atoms with van der Waals surface area (Å²) in [6.45, 7) is 2.78. The fourth-order valence-corrected chi connectivity index (χ4v) is 2.34. The van der Waals surface area contributed by atoms with Crippen LogP contribution >= 0.6 is 15.9 Å². The van der Waals surface area contributed by atoms with E-state index in [4.69, 9.17) is 14.6 Å². The first kappa shape index (κ1) is 17.1. The van der Waals surface area contributed by atoms with Gasteiger partial charge in [0.2, 0.25) is 0 Å². The molecule has 0 aromatic heterocycles. The summed E-state index contributed by atoms with van der Waals surface area (Å²) in [7, 11) is 0. The van der Waals surface area contributed by atoms with Crippen molar-refractivity contribution < 1.29 is 19.4 Å². The van der Waals surface area contributed by atoms with Gasteiger partial charge in [-0.25, -0.2) is 4.79 Å². The lowest BCUT2D eigenvalue weighted by molar-refractivity contribution is -0.131. The van der Waals surface area contributed by atoms with Crippen LogP contribution in [0.1, 0.15) is 11.1 Å². The molecular formula is C18H17BrO4. The van der Waals surface area contributed by atoms with E-state index < -0.39 is 5.97 Å². The van der Waals surface area contributed by atoms with E-state index in [1.807, 2.05) is 37.3 Å². The summed E-state index contributed by atoms with van der Waals surface area (Å²) in [5.74, 6) is 0.410. The van der Waals surface area contributed by atoms with Gasteiger partial charge in [0.05, 0.1) is 0 Å². The summed E-state index contributed by atoms with van der Waals surface area (Å²) in [5, 5.41) is 8.74. The van der Waals surface area contributed by atoms with Gasteiger partial charge >= 0.3 is 5.97 Å². The van der Waals surface area contributed by atoms with Gasteiger partial charge in [-0.15, -0.1) is 0 Å². The Bertz CT molecular complexity index is 710. The second-order valence-electron chi connectivity index (χ2n) is 4.87. The fraction of sp³-hybridized carbons (Fsp3) is 0.167. The third kappa shape index (κ3) is 5.79. The molecule has 0 amide bonds. The maximum atomic E-state index is 10.7. The quantitative estimate of drug-likeness (QED) is 0.577. The number of aryl methyl sites for hydroxylation is 1. The normalized spacial score (nSPS) is 10.7. The zero-order chi connectivity index (χ0) is 16.7. The van der Waals surface area contributed by atoms with Crippen molar-refractivity contribution in [2.45, 2.75) is 6.92 Å². The van der Waals surface area contributed by atoms with Crippen LogP contribution < -0.4 is 9.47 Å². The average molecular weight is 377 g/mol. The highest BCUT2D eigenvalue weighted by Gasteiger charge is 2.03. The minimum Gasteiger partial charge on any atom is -0.490 e. The van der Waals surface area contributed by atoms with Crippen LogP contribution in [-0.4, -0.2) is 24.3 Å². The summed E-state index contributed by atoms with van der Waals surface area (Å²) in [4.78, 5) is 10.7. The number of hydrogen-bond acceptors (Lipinski definition) is 3. The largest absolute Gasteiger partial charge is 0.490 e. The zero-order valence-electron chi connectivity index (χ0n) is 12.7. The van der Waals surface area contributed by atoms with Gasteiger partial charge in [-0.1, -0.05) is 28.1 Å². The lowest BCUT2D eigenvalue weighted by Gasteiger charge is -2.11. The van der Waals surface area contributed by atoms with E-state index in [0.29, 0.717) is 24.5 Å². The Morgan fingerprint density at radius 2 is 1.96 bits per heavy atom. The number of carbonyl (C=O) groups is 1. The molecule has 2 aromatic carbocycles. The molecule has 0 aliphatic heterocycles. The number of ether oxygens (including phenoxy) is 2. The van der Waals surface area contributed by atoms with Crippen LogP contribution in [-0.2, 0) is 4.79 Å². The van der Waals surface area contributed by atoms with Crippen molar-refractivity contribution in [2.75, 3.05) is 13.2 Å². The Hall–Kier alpha value is -2.27. The summed E-state index contributed by atoms with van der Waals surface area (Å²) in [6, 6.07) is 13.2. The Labute approximate surface area is 143 Å². The average Bonchev–Trinajstić information content (AvgIpc) is 2.51. The number of benzene rings is 2. The molecule has 0 atom stereocenters. The van der Waals surface area contributed by atoms with Gasteiger partial charge in [-0.05, 0) is 48.9 Å². The van der Waals surface area contributed by atoms with Crippen LogP contribution in [0.25, 0.3) is 6.08 Å². The number of carboxylic acid groups (broad SMARTS) is 1. The third-order valence-corrected chi connectivity index (χ3v) is 3.47. The van der Waals surface area contributed by atoms with E-state index >= 15 is 0 Å². The van der Waals surface area contributed by atoms with Crippen molar-refractivity contribution in [3.8, 4) is 11.5 Å². The van der Waals surface area contributed by atoms with Gasteiger partial charge in [-0.2, -0.15) is 0 Å². The smallest absolute Gasteiger partial charge is 0.328 e. The molecule has 0 saturated heterocycles. The summed E-state index contributed by atoms with van der Waals surface area (Å²) in [5.41, 5.74) is 1.83. The van der Waals surface area contributed by atoms with Crippen LogP contribution in [0.15, 0.2) is 53.0 Å². The van der Waals surface area contributed by atoms with Crippen molar-refractivity contribution >= 4 is 28.0 Å². The third-order valence-electron chi connectivity index (χ3n) is 2.98. The molecule has 0 fully saturated rings. The van der Waals surface area contributed by atoms with Gasteiger partial charge in [0, 0.05) is 16.1 Å². The van der Waals surface area contributed by atoms with Crippen LogP contribution in [0.2, 0.25) is 0 Å². The van der Waals surface area contributed by atoms with Gasteiger partial charge in [-0.3, -0.25) is 0 Å². The lowest BCUT2D eigenvalue weighted by Crippen LogP contribution is -2.09. The molecule has 2 rings (SSSR count). The molecule has 0 saturated carbocycles. The highest BCUT2D eigenvalue weighted by molar-refractivity contribution is 9.10. The number of aliphatic carboxylic acids is 1. The first-order chi connectivity index (χ1) is 11.0. The molecule has 0 radical (unpaired) electrons. The van der Waals surface area contributed by atoms with Crippen molar-refractivity contribution in [3.05, 3.63) is 64.1 Å². The van der Waals surface area contributed by atoms with E-state index in [1.165, 1.54) is 6.08 Å². The predicted octanol–water partition coefficient (Wildman–Crippen LogP) is 4.31. The lowest BCUT2D eigenvalue weighted by atomic mass is 10.2. The van der Waals surface area contributed by atoms with Crippen LogP contribution in [0.3, 0.4) is 0 Å². The maximum Gasteiger partial charge on any atom is 0.328 e. The van der Waals surface area contributed by atoms with Gasteiger partial charge in [0.1, 0.15) is 24.7 Å². The Morgan fingerprint density at radius 3 is 2.70 bits per heavy atom. The Balaban J connectivity index is 1.93. The maximum absolute atomic E-state index is 10.7. The highest BCUT2D eigenvalue weighted by Crippen LogP contribution is 2.24. The second-order valence-corrected chi connectivity index (χ2v) is 5.78. The number of carboxylic acids is 1. The molecule has 4 nitrogen and oxygen atoms in total. The molecule has 0 spiro atoms. The molecule has 0 aliphatic rings. The Morgan fingerprint density at radius 1 is 1.17 bits per heavy atom. The molecule has 0 unspecified atom stereocenters. The molecule has 0 aliphatic carbocycles. The van der Waals surface area contributed by atoms with Crippen molar-refractivity contribution in [2.24, 2.45) is 0 Å². The topological polar surface area (TPSA) is 55.8 Å².